The lowest BCUT2D eigenvalue weighted by Gasteiger charge is -2.09. The van der Waals surface area contributed by atoms with Gasteiger partial charge in [0.15, 0.2) is 5.82 Å². The number of aromatic nitrogens is 2. The Kier molecular flexibility index (Phi) is 3.38. The first-order valence-electron chi connectivity index (χ1n) is 5.48. The Morgan fingerprint density at radius 3 is 2.50 bits per heavy atom. The van der Waals surface area contributed by atoms with Crippen molar-refractivity contribution in [1.29, 1.82) is 0 Å². The molecular weight excluding hydrogens is 290 g/mol. The molecular formula is C11H12F2N4O2S. The van der Waals surface area contributed by atoms with E-state index in [9.17, 15) is 17.2 Å². The summed E-state index contributed by atoms with van der Waals surface area (Å²) in [7, 11) is -2.65. The van der Waals surface area contributed by atoms with E-state index in [0.717, 1.165) is 12.1 Å². The first-order valence-corrected chi connectivity index (χ1v) is 6.96. The van der Waals surface area contributed by atoms with Crippen LogP contribution in [-0.2, 0) is 17.1 Å². The number of sulfonamides is 1. The van der Waals surface area contributed by atoms with Crippen LogP contribution in [-0.4, -0.2) is 18.2 Å². The fourth-order valence-electron chi connectivity index (χ4n) is 1.62. The summed E-state index contributed by atoms with van der Waals surface area (Å²) >= 11 is 0. The second kappa shape index (κ2) is 4.75. The zero-order chi connectivity index (χ0) is 15.1. The number of nitrogens with one attached hydrogen (secondary N) is 1. The highest BCUT2D eigenvalue weighted by Crippen LogP contribution is 2.24. The third-order valence-electron chi connectivity index (χ3n) is 2.60. The molecule has 0 radical (unpaired) electrons. The molecule has 9 heteroatoms. The van der Waals surface area contributed by atoms with E-state index in [1.807, 2.05) is 4.72 Å². The molecule has 6 nitrogen and oxygen atoms in total. The van der Waals surface area contributed by atoms with E-state index >= 15 is 0 Å². The molecule has 20 heavy (non-hydrogen) atoms. The molecule has 0 spiro atoms. The maximum absolute atomic E-state index is 13.6. The predicted molar refractivity (Wildman–Crippen MR) is 69.5 cm³/mol. The first kappa shape index (κ1) is 14.3. The van der Waals surface area contributed by atoms with Gasteiger partial charge in [-0.15, -0.1) is 0 Å². The molecule has 0 aliphatic rings. The minimum Gasteiger partial charge on any atom is -0.381 e. The van der Waals surface area contributed by atoms with Crippen molar-refractivity contribution in [2.24, 2.45) is 7.05 Å². The van der Waals surface area contributed by atoms with Gasteiger partial charge in [0.2, 0.25) is 0 Å². The summed E-state index contributed by atoms with van der Waals surface area (Å²) in [5.74, 6) is -1.83. The molecule has 1 aromatic carbocycles. The van der Waals surface area contributed by atoms with Crippen molar-refractivity contribution in [1.82, 2.24) is 9.78 Å². The van der Waals surface area contributed by atoms with Crippen LogP contribution < -0.4 is 10.5 Å². The second-order valence-electron chi connectivity index (χ2n) is 4.24. The van der Waals surface area contributed by atoms with Crippen LogP contribution in [0.1, 0.15) is 5.56 Å². The molecule has 0 bridgehead atoms. The number of rotatable bonds is 3. The Morgan fingerprint density at radius 2 is 1.95 bits per heavy atom. The highest BCUT2D eigenvalue weighted by molar-refractivity contribution is 7.92. The Balaban J connectivity index is 2.43. The monoisotopic (exact) mass is 302 g/mol. The average molecular weight is 302 g/mol. The fraction of sp³-hybridized carbons (Fsp3) is 0.182. The van der Waals surface area contributed by atoms with Gasteiger partial charge in [-0.1, -0.05) is 0 Å². The molecule has 3 N–H and O–H groups in total. The van der Waals surface area contributed by atoms with Gasteiger partial charge in [0.25, 0.3) is 10.0 Å². The van der Waals surface area contributed by atoms with E-state index in [-0.39, 0.29) is 16.3 Å². The van der Waals surface area contributed by atoms with Crippen LogP contribution >= 0.6 is 0 Å². The Labute approximate surface area is 114 Å². The van der Waals surface area contributed by atoms with Gasteiger partial charge in [0.1, 0.15) is 16.5 Å². The van der Waals surface area contributed by atoms with Crippen molar-refractivity contribution in [2.45, 2.75) is 11.8 Å². The smallest absolute Gasteiger partial charge is 0.267 e. The topological polar surface area (TPSA) is 90.0 Å². The van der Waals surface area contributed by atoms with E-state index < -0.39 is 27.3 Å². The Hall–Kier alpha value is -2.16. The lowest BCUT2D eigenvalue weighted by atomic mass is 10.2. The van der Waals surface area contributed by atoms with Gasteiger partial charge in [-0.2, -0.15) is 5.10 Å². The van der Waals surface area contributed by atoms with Crippen LogP contribution in [0.5, 0.6) is 0 Å². The summed E-state index contributed by atoms with van der Waals surface area (Å²) in [5, 5.41) is 3.68. The van der Waals surface area contributed by atoms with Crippen LogP contribution in [0.25, 0.3) is 0 Å². The van der Waals surface area contributed by atoms with E-state index in [2.05, 4.69) is 5.10 Å². The van der Waals surface area contributed by atoms with Crippen LogP contribution in [0.4, 0.5) is 20.3 Å². The first-order chi connectivity index (χ1) is 9.20. The molecule has 1 heterocycles. The summed E-state index contributed by atoms with van der Waals surface area (Å²) in [6.45, 7) is 1.37. The van der Waals surface area contributed by atoms with Gasteiger partial charge in [-0.05, 0) is 18.6 Å². The number of anilines is 2. The molecule has 0 atom stereocenters. The van der Waals surface area contributed by atoms with Crippen molar-refractivity contribution >= 4 is 21.5 Å². The predicted octanol–water partition coefficient (Wildman–Crippen LogP) is 1.39. The van der Waals surface area contributed by atoms with Crippen LogP contribution in [0.15, 0.2) is 23.2 Å². The largest absolute Gasteiger partial charge is 0.381 e. The number of aryl methyl sites for hydroxylation is 2. The van der Waals surface area contributed by atoms with Gasteiger partial charge in [0, 0.05) is 19.3 Å². The van der Waals surface area contributed by atoms with E-state index in [1.165, 1.54) is 24.9 Å². The fourth-order valence-corrected chi connectivity index (χ4v) is 2.78. The highest BCUT2D eigenvalue weighted by atomic mass is 32.2. The summed E-state index contributed by atoms with van der Waals surface area (Å²) in [5.41, 5.74) is 5.04. The van der Waals surface area contributed by atoms with Gasteiger partial charge in [-0.3, -0.25) is 9.40 Å². The summed E-state index contributed by atoms with van der Waals surface area (Å²) in [6.07, 6.45) is 1.17. The molecule has 0 aliphatic carbocycles. The number of benzene rings is 1. The van der Waals surface area contributed by atoms with E-state index in [1.54, 1.807) is 0 Å². The zero-order valence-corrected chi connectivity index (χ0v) is 11.5. The molecule has 0 saturated heterocycles. The lowest BCUT2D eigenvalue weighted by Crippen LogP contribution is -2.15. The van der Waals surface area contributed by atoms with Crippen LogP contribution in [0.3, 0.4) is 0 Å². The standard InChI is InChI=1S/C11H12F2N4O2S/c1-6-3-8(13)9(4-7(6)12)16-20(18,19)10-5-17(2)15-11(10)14/h3-5,16H,1-2H3,(H2,14,15). The zero-order valence-electron chi connectivity index (χ0n) is 10.7. The third kappa shape index (κ3) is 2.57. The number of halogens is 2. The van der Waals surface area contributed by atoms with Crippen molar-refractivity contribution in [3.63, 3.8) is 0 Å². The van der Waals surface area contributed by atoms with Crippen molar-refractivity contribution in [3.8, 4) is 0 Å². The Morgan fingerprint density at radius 1 is 1.30 bits per heavy atom. The quantitative estimate of drug-likeness (QED) is 0.896. The highest BCUT2D eigenvalue weighted by Gasteiger charge is 2.22. The summed E-state index contributed by atoms with van der Waals surface area (Å²) < 4.78 is 54.3. The molecule has 0 amide bonds. The molecule has 0 unspecified atom stereocenters. The van der Waals surface area contributed by atoms with E-state index in [0.29, 0.717) is 0 Å². The van der Waals surface area contributed by atoms with Gasteiger partial charge >= 0.3 is 0 Å². The lowest BCUT2D eigenvalue weighted by molar-refractivity contribution is 0.590. The summed E-state index contributed by atoms with van der Waals surface area (Å²) in [6, 6.07) is 1.68. The third-order valence-corrected chi connectivity index (χ3v) is 3.99. The molecule has 1 aromatic heterocycles. The van der Waals surface area contributed by atoms with Crippen LogP contribution in [0, 0.1) is 18.6 Å². The number of hydrogen-bond acceptors (Lipinski definition) is 4. The van der Waals surface area contributed by atoms with Crippen molar-refractivity contribution < 1.29 is 17.2 Å². The summed E-state index contributed by atoms with van der Waals surface area (Å²) in [4.78, 5) is -0.305. The maximum Gasteiger partial charge on any atom is 0.267 e. The SMILES string of the molecule is Cc1cc(F)c(NS(=O)(=O)c2cn(C)nc2N)cc1F. The molecule has 2 rings (SSSR count). The minimum absolute atomic E-state index is 0.0753. The molecule has 0 fully saturated rings. The number of nitrogens with two attached hydrogens (primary N) is 1. The number of nitrogen functional groups attached to an aromatic ring is 1. The van der Waals surface area contributed by atoms with Crippen molar-refractivity contribution in [3.05, 3.63) is 35.5 Å². The van der Waals surface area contributed by atoms with Gasteiger partial charge in [0.05, 0.1) is 5.69 Å². The Bertz CT molecular complexity index is 771. The average Bonchev–Trinajstić information content (AvgIpc) is 2.66. The molecule has 0 saturated carbocycles. The number of nitrogens with zero attached hydrogens (tertiary/aromatic N) is 2. The molecule has 108 valence electrons. The molecule has 2 aromatic rings. The normalized spacial score (nSPS) is 11.6. The van der Waals surface area contributed by atoms with E-state index in [4.69, 9.17) is 5.73 Å². The minimum atomic E-state index is -4.14. The van der Waals surface area contributed by atoms with Crippen LogP contribution in [0.2, 0.25) is 0 Å². The second-order valence-corrected chi connectivity index (χ2v) is 5.89. The van der Waals surface area contributed by atoms with Crippen molar-refractivity contribution in [2.75, 3.05) is 10.5 Å². The number of hydrogen-bond donors (Lipinski definition) is 2. The maximum atomic E-state index is 13.6. The molecule has 0 aliphatic heterocycles. The van der Waals surface area contributed by atoms with Gasteiger partial charge < -0.3 is 5.73 Å². The van der Waals surface area contributed by atoms with Gasteiger partial charge in [-0.25, -0.2) is 17.2 Å².